The second-order valence-corrected chi connectivity index (χ2v) is 9.58. The molecule has 3 aliphatic heterocycles. The number of halogens is 2. The molecule has 174 valence electrons. The van der Waals surface area contributed by atoms with Crippen molar-refractivity contribution in [2.75, 3.05) is 31.1 Å². The monoisotopic (exact) mass is 461 g/mol. The number of nitrogens with one attached hydrogen (secondary N) is 2. The molecule has 0 amide bonds. The van der Waals surface area contributed by atoms with Crippen LogP contribution in [0.25, 0.3) is 16.9 Å². The van der Waals surface area contributed by atoms with Crippen LogP contribution in [0.1, 0.15) is 29.7 Å². The van der Waals surface area contributed by atoms with Crippen LogP contribution < -0.4 is 10.2 Å². The number of anilines is 1. The molecule has 6 nitrogen and oxygen atoms in total. The Morgan fingerprint density at radius 1 is 1.24 bits per heavy atom. The summed E-state index contributed by atoms with van der Waals surface area (Å²) in [4.78, 5) is 11.5. The molecular formula is C25H26BF2N5O. The summed E-state index contributed by atoms with van der Waals surface area (Å²) in [6, 6.07) is 5.38. The summed E-state index contributed by atoms with van der Waals surface area (Å²) in [6.07, 6.45) is 6.70. The van der Waals surface area contributed by atoms with E-state index in [1.807, 2.05) is 30.0 Å². The Balaban J connectivity index is 1.10. The van der Waals surface area contributed by atoms with E-state index >= 15 is 0 Å². The molecule has 34 heavy (non-hydrogen) atoms. The second kappa shape index (κ2) is 8.11. The molecule has 1 aromatic carbocycles. The van der Waals surface area contributed by atoms with Crippen LogP contribution in [0, 0.1) is 11.6 Å². The molecule has 3 N–H and O–H groups in total. The van der Waals surface area contributed by atoms with E-state index in [1.165, 1.54) is 12.3 Å². The minimum atomic E-state index is -1.32. The van der Waals surface area contributed by atoms with Gasteiger partial charge in [-0.2, -0.15) is 0 Å². The number of fused-ring (bicyclic) bond motifs is 1. The molecule has 1 fully saturated rings. The van der Waals surface area contributed by atoms with Crippen molar-refractivity contribution in [2.45, 2.75) is 31.0 Å². The number of hydrogen-bond acceptors (Lipinski definition) is 5. The third-order valence-corrected chi connectivity index (χ3v) is 7.29. The van der Waals surface area contributed by atoms with Crippen molar-refractivity contribution in [1.29, 1.82) is 0 Å². The van der Waals surface area contributed by atoms with Gasteiger partial charge in [0.05, 0.1) is 0 Å². The van der Waals surface area contributed by atoms with Crippen molar-refractivity contribution in [2.24, 2.45) is 0 Å². The number of nitrogens with zero attached hydrogens (tertiary/aromatic N) is 3. The first-order valence-electron chi connectivity index (χ1n) is 11.7. The number of H-pyrrole nitrogens is 1. The first kappa shape index (κ1) is 21.6. The first-order chi connectivity index (χ1) is 16.4. The minimum absolute atomic E-state index is 0.215. The third kappa shape index (κ3) is 3.59. The van der Waals surface area contributed by atoms with Crippen LogP contribution in [0.3, 0.4) is 0 Å². The topological polar surface area (TPSA) is 67.4 Å². The summed E-state index contributed by atoms with van der Waals surface area (Å²) >= 11 is 0. The number of hydrogen-bond donors (Lipinski definition) is 3. The van der Waals surface area contributed by atoms with Crippen LogP contribution in [0.5, 0.6) is 0 Å². The predicted octanol–water partition coefficient (Wildman–Crippen LogP) is 2.98. The number of aromatic nitrogens is 2. The van der Waals surface area contributed by atoms with Gasteiger partial charge in [-0.3, -0.25) is 4.98 Å². The summed E-state index contributed by atoms with van der Waals surface area (Å²) in [5.41, 5.74) is 2.81. The van der Waals surface area contributed by atoms with Crippen LogP contribution in [0.2, 0.25) is 0 Å². The summed E-state index contributed by atoms with van der Waals surface area (Å²) in [5.74, 6) is -0.689. The Labute approximate surface area is 197 Å². The fourth-order valence-corrected chi connectivity index (χ4v) is 5.58. The molecule has 0 bridgehead atoms. The van der Waals surface area contributed by atoms with Crippen molar-refractivity contribution in [3.8, 4) is 0 Å². The number of pyridine rings is 1. The Hall–Kier alpha value is -2.88. The van der Waals surface area contributed by atoms with Gasteiger partial charge in [0.15, 0.2) is 0 Å². The zero-order valence-corrected chi connectivity index (χ0v) is 18.8. The van der Waals surface area contributed by atoms with Crippen molar-refractivity contribution in [1.82, 2.24) is 20.2 Å². The average molecular weight is 461 g/mol. The van der Waals surface area contributed by atoms with E-state index in [0.717, 1.165) is 42.7 Å². The maximum atomic E-state index is 14.8. The molecule has 3 aliphatic rings. The molecule has 5 heterocycles. The Morgan fingerprint density at radius 2 is 2.06 bits per heavy atom. The molecule has 0 saturated carbocycles. The van der Waals surface area contributed by atoms with Gasteiger partial charge in [0.25, 0.3) is 0 Å². The summed E-state index contributed by atoms with van der Waals surface area (Å²) in [5, 5.41) is 15.8. The molecule has 0 aliphatic carbocycles. The van der Waals surface area contributed by atoms with Crippen molar-refractivity contribution in [3.05, 3.63) is 71.2 Å². The summed E-state index contributed by atoms with van der Waals surface area (Å²) < 4.78 is 28.8. The van der Waals surface area contributed by atoms with Gasteiger partial charge in [0.2, 0.25) is 0 Å². The first-order valence-corrected chi connectivity index (χ1v) is 11.7. The Bertz CT molecular complexity index is 1320. The number of aromatic amines is 1. The molecule has 2 aromatic heterocycles. The zero-order chi connectivity index (χ0) is 23.4. The fourth-order valence-electron chi connectivity index (χ4n) is 5.58. The molecule has 9 heteroatoms. The van der Waals surface area contributed by atoms with E-state index in [4.69, 9.17) is 0 Å². The summed E-state index contributed by atoms with van der Waals surface area (Å²) in [7, 11) is 0. The van der Waals surface area contributed by atoms with Gasteiger partial charge < -0.3 is 0 Å². The van der Waals surface area contributed by atoms with Gasteiger partial charge in [-0.1, -0.05) is 6.58 Å². The van der Waals surface area contributed by atoms with Gasteiger partial charge >= 0.3 is 173 Å². The number of aliphatic hydroxyl groups is 1. The molecular weight excluding hydrogens is 435 g/mol. The number of rotatable bonds is 5. The number of allylic oxidation sites excluding steroid dienone is 1. The van der Waals surface area contributed by atoms with E-state index in [9.17, 15) is 13.9 Å². The second-order valence-electron chi connectivity index (χ2n) is 9.58. The van der Waals surface area contributed by atoms with E-state index < -0.39 is 11.4 Å². The molecule has 1 atom stereocenters. The number of piperidine rings is 1. The van der Waals surface area contributed by atoms with E-state index in [1.54, 1.807) is 6.07 Å². The van der Waals surface area contributed by atoms with Crippen LogP contribution >= 0.6 is 0 Å². The summed E-state index contributed by atoms with van der Waals surface area (Å²) in [6.45, 7) is 8.78. The normalized spacial score (nSPS) is 22.6. The Morgan fingerprint density at radius 3 is 2.85 bits per heavy atom. The van der Waals surface area contributed by atoms with Crippen LogP contribution in [0.4, 0.5) is 14.5 Å². The quantitative estimate of drug-likeness (QED) is 0.546. The van der Waals surface area contributed by atoms with Crippen molar-refractivity contribution >= 4 is 29.5 Å². The van der Waals surface area contributed by atoms with E-state index in [2.05, 4.69) is 26.8 Å². The predicted molar refractivity (Wildman–Crippen MR) is 130 cm³/mol. The van der Waals surface area contributed by atoms with Gasteiger partial charge in [0.1, 0.15) is 0 Å². The standard InChI is InChI=1S/C25H26BF2N5O/c1-15-5-6-20-24-22(18(28)11-30-20)25(34,14-33(15)24)13-32-9-7-16(8-10-32)29-12-21-26-23-17(27)3-2-4-19(23)31-21/h2-6,11,16,29,31,34H,1,7-10,12-14H2. The van der Waals surface area contributed by atoms with Gasteiger partial charge in [-0.05, 0) is 12.2 Å². The van der Waals surface area contributed by atoms with Crippen LogP contribution in [-0.2, 0) is 12.1 Å². The molecule has 3 aromatic rings. The molecule has 1 saturated heterocycles. The average Bonchev–Trinajstić information content (AvgIpc) is 3.38. The van der Waals surface area contributed by atoms with Crippen molar-refractivity contribution in [3.63, 3.8) is 0 Å². The molecule has 1 unspecified atom stereocenters. The molecule has 0 spiro atoms. The van der Waals surface area contributed by atoms with Crippen LogP contribution in [-0.4, -0.2) is 59.1 Å². The maximum absolute atomic E-state index is 14.8. The van der Waals surface area contributed by atoms with Gasteiger partial charge in [0, 0.05) is 0 Å². The number of benzene rings is 1. The fraction of sp³-hybridized carbons (Fsp3) is 0.360. The molecule has 0 radical (unpaired) electrons. The Kier molecular flexibility index (Phi) is 5.16. The van der Waals surface area contributed by atoms with Crippen molar-refractivity contribution < 1.29 is 13.9 Å². The van der Waals surface area contributed by atoms with E-state index in [0.29, 0.717) is 41.4 Å². The SMILES string of the molecule is C=C1C=Cc2ncc(F)c3c2N1CC3(O)CN1CCC(NCc2bc3c(F)cccc3[nH]2)CC1. The zero-order valence-electron chi connectivity index (χ0n) is 18.8. The van der Waals surface area contributed by atoms with E-state index in [-0.39, 0.29) is 12.4 Å². The molecule has 6 rings (SSSR count). The number of β-amino-alcohol motifs (C(OH)–C–C–N with tert-alkyl or cyclic N) is 1. The van der Waals surface area contributed by atoms with Gasteiger partial charge in [-0.25, -0.2) is 0 Å². The third-order valence-electron chi connectivity index (χ3n) is 7.29. The number of likely N-dealkylation sites (tertiary alicyclic amines) is 1. The van der Waals surface area contributed by atoms with Gasteiger partial charge in [-0.15, -0.1) is 0 Å². The van der Waals surface area contributed by atoms with Crippen LogP contribution in [0.15, 0.2) is 42.7 Å².